The smallest absolute Gasteiger partial charge is 0.298 e. The van der Waals surface area contributed by atoms with Crippen LogP contribution in [0.3, 0.4) is 0 Å². The summed E-state index contributed by atoms with van der Waals surface area (Å²) in [5, 5.41) is 1.50. The van der Waals surface area contributed by atoms with Crippen LogP contribution in [0.5, 0.6) is 0 Å². The number of rotatable bonds is 2. The average molecular weight is 324 g/mol. The number of nitrogens with one attached hydrogen (secondary N) is 1. The molecule has 17 heavy (non-hydrogen) atoms. The van der Waals surface area contributed by atoms with Crippen LogP contribution in [0.2, 0.25) is 0 Å². The maximum absolute atomic E-state index is 12.1. The molecule has 1 nitrogen and oxygen atoms in total. The van der Waals surface area contributed by atoms with Gasteiger partial charge in [-0.15, -0.1) is 11.3 Å². The summed E-state index contributed by atoms with van der Waals surface area (Å²) in [4.78, 5) is 1.15. The minimum atomic E-state index is -4.37. The third-order valence-electron chi connectivity index (χ3n) is 2.35. The Kier molecular flexibility index (Phi) is 3.63. The lowest BCUT2D eigenvalue weighted by Crippen LogP contribution is -2.30. The molecular weight excluding hydrogens is 315 g/mol. The second-order valence-electron chi connectivity index (χ2n) is 3.63. The summed E-state index contributed by atoms with van der Waals surface area (Å²) < 4.78 is 37.3. The monoisotopic (exact) mass is 323 g/mol. The highest BCUT2D eigenvalue weighted by Gasteiger charge is 2.28. The zero-order chi connectivity index (χ0) is 12.5. The van der Waals surface area contributed by atoms with Crippen LogP contribution in [-0.4, -0.2) is 6.30 Å². The van der Waals surface area contributed by atoms with Gasteiger partial charge in [0.05, 0.1) is 3.79 Å². The van der Waals surface area contributed by atoms with E-state index in [1.807, 2.05) is 12.1 Å². The van der Waals surface area contributed by atoms with Crippen LogP contribution in [-0.2, 0) is 0 Å². The molecule has 0 bridgehead atoms. The number of hydrogen-bond donors (Lipinski definition) is 1. The third-order valence-corrected chi connectivity index (χ3v) is 4.10. The minimum absolute atomic E-state index is 0.115. The summed E-state index contributed by atoms with van der Waals surface area (Å²) in [7, 11) is 0. The first-order chi connectivity index (χ1) is 7.94. The highest BCUT2D eigenvalue weighted by molar-refractivity contribution is 9.11. The molecule has 0 radical (unpaired) electrons. The average Bonchev–Trinajstić information content (AvgIpc) is 2.63. The van der Waals surface area contributed by atoms with Crippen molar-refractivity contribution in [1.82, 2.24) is 5.32 Å². The Morgan fingerprint density at radius 1 is 1.35 bits per heavy atom. The van der Waals surface area contributed by atoms with Crippen LogP contribution < -0.4 is 5.32 Å². The lowest BCUT2D eigenvalue weighted by atomic mass is 9.98. The van der Waals surface area contributed by atoms with Gasteiger partial charge in [-0.2, -0.15) is 13.2 Å². The standard InChI is InChI=1S/C11H9BrF3NS/c12-10-6-5-9(17-10)7-1-3-8(4-2-7)16-11(13,14)15/h1,3-7,16H,2H2. The molecule has 92 valence electrons. The maximum Gasteiger partial charge on any atom is 0.482 e. The van der Waals surface area contributed by atoms with Crippen molar-refractivity contribution in [2.45, 2.75) is 18.6 Å². The quantitative estimate of drug-likeness (QED) is 0.787. The van der Waals surface area contributed by atoms with Gasteiger partial charge in [-0.3, -0.25) is 5.32 Å². The van der Waals surface area contributed by atoms with Crippen molar-refractivity contribution in [1.29, 1.82) is 0 Å². The van der Waals surface area contributed by atoms with E-state index in [1.54, 1.807) is 23.5 Å². The highest BCUT2D eigenvalue weighted by atomic mass is 79.9. The maximum atomic E-state index is 12.1. The molecule has 0 saturated carbocycles. The van der Waals surface area contributed by atoms with Gasteiger partial charge in [0.15, 0.2) is 0 Å². The van der Waals surface area contributed by atoms with Crippen LogP contribution in [0.15, 0.2) is 39.8 Å². The second kappa shape index (κ2) is 4.86. The topological polar surface area (TPSA) is 12.0 Å². The Labute approximate surface area is 109 Å². The molecular formula is C11H9BrF3NS. The first-order valence-corrected chi connectivity index (χ1v) is 6.53. The predicted molar refractivity (Wildman–Crippen MR) is 65.8 cm³/mol. The first kappa shape index (κ1) is 12.7. The molecule has 0 fully saturated rings. The van der Waals surface area contributed by atoms with Gasteiger partial charge in [0, 0.05) is 16.5 Å². The van der Waals surface area contributed by atoms with Gasteiger partial charge in [-0.05, 0) is 40.6 Å². The van der Waals surface area contributed by atoms with E-state index >= 15 is 0 Å². The summed E-state index contributed by atoms with van der Waals surface area (Å²) in [5.41, 5.74) is 0.115. The van der Waals surface area contributed by atoms with Crippen LogP contribution in [0, 0.1) is 0 Å². The van der Waals surface area contributed by atoms with Crippen LogP contribution in [0.1, 0.15) is 17.2 Å². The van der Waals surface area contributed by atoms with Crippen molar-refractivity contribution < 1.29 is 13.2 Å². The van der Waals surface area contributed by atoms with E-state index in [0.29, 0.717) is 6.42 Å². The molecule has 6 heteroatoms. The molecule has 0 aromatic carbocycles. The first-order valence-electron chi connectivity index (χ1n) is 4.92. The number of alkyl halides is 3. The van der Waals surface area contributed by atoms with Gasteiger partial charge in [-0.1, -0.05) is 12.2 Å². The molecule has 1 heterocycles. The van der Waals surface area contributed by atoms with E-state index in [9.17, 15) is 13.2 Å². The largest absolute Gasteiger partial charge is 0.482 e. The molecule has 1 aromatic heterocycles. The molecule has 1 aromatic rings. The van der Waals surface area contributed by atoms with Gasteiger partial charge in [0.25, 0.3) is 0 Å². The molecule has 0 spiro atoms. The number of halogens is 4. The molecule has 1 N–H and O–H groups in total. The van der Waals surface area contributed by atoms with E-state index in [2.05, 4.69) is 15.9 Å². The van der Waals surface area contributed by atoms with Crippen molar-refractivity contribution in [3.05, 3.63) is 44.7 Å². The Hall–Kier alpha value is -0.750. The van der Waals surface area contributed by atoms with Crippen molar-refractivity contribution in [3.8, 4) is 0 Å². The van der Waals surface area contributed by atoms with E-state index in [4.69, 9.17) is 0 Å². The van der Waals surface area contributed by atoms with Crippen molar-refractivity contribution in [2.24, 2.45) is 0 Å². The van der Waals surface area contributed by atoms with Crippen molar-refractivity contribution in [2.75, 3.05) is 0 Å². The predicted octanol–water partition coefficient (Wildman–Crippen LogP) is 4.55. The van der Waals surface area contributed by atoms with Crippen molar-refractivity contribution >= 4 is 27.3 Å². The van der Waals surface area contributed by atoms with Gasteiger partial charge < -0.3 is 0 Å². The Morgan fingerprint density at radius 2 is 2.12 bits per heavy atom. The zero-order valence-electron chi connectivity index (χ0n) is 8.59. The Balaban J connectivity index is 2.01. The van der Waals surface area contributed by atoms with E-state index in [0.717, 1.165) is 8.66 Å². The number of allylic oxidation sites excluding steroid dienone is 3. The molecule has 1 aliphatic carbocycles. The SMILES string of the molecule is FC(F)(F)NC1=CCC(c2ccc(Br)s2)C=C1. The second-order valence-corrected chi connectivity index (χ2v) is 6.12. The summed E-state index contributed by atoms with van der Waals surface area (Å²) >= 11 is 4.97. The van der Waals surface area contributed by atoms with Crippen LogP contribution in [0.25, 0.3) is 0 Å². The minimum Gasteiger partial charge on any atom is -0.298 e. The molecule has 0 amide bonds. The fourth-order valence-corrected chi connectivity index (χ4v) is 3.13. The summed E-state index contributed by atoms with van der Waals surface area (Å²) in [6.45, 7) is 0. The summed E-state index contributed by atoms with van der Waals surface area (Å²) in [6, 6.07) is 3.93. The number of hydrogen-bond acceptors (Lipinski definition) is 2. The van der Waals surface area contributed by atoms with E-state index < -0.39 is 6.30 Å². The van der Waals surface area contributed by atoms with E-state index in [-0.39, 0.29) is 11.6 Å². The zero-order valence-corrected chi connectivity index (χ0v) is 11.0. The molecule has 1 atom stereocenters. The third kappa shape index (κ3) is 3.61. The molecule has 0 aliphatic heterocycles. The Morgan fingerprint density at radius 3 is 2.59 bits per heavy atom. The van der Waals surface area contributed by atoms with E-state index in [1.165, 1.54) is 11.4 Å². The summed E-state index contributed by atoms with van der Waals surface area (Å²) in [5.74, 6) is 0.171. The lowest BCUT2D eigenvalue weighted by molar-refractivity contribution is -0.148. The normalized spacial score (nSPS) is 20.2. The summed E-state index contributed by atoms with van der Waals surface area (Å²) in [6.07, 6.45) is 1.07. The van der Waals surface area contributed by atoms with Gasteiger partial charge in [0.2, 0.25) is 0 Å². The van der Waals surface area contributed by atoms with Crippen molar-refractivity contribution in [3.63, 3.8) is 0 Å². The van der Waals surface area contributed by atoms with Gasteiger partial charge in [0.1, 0.15) is 0 Å². The highest BCUT2D eigenvalue weighted by Crippen LogP contribution is 2.33. The lowest BCUT2D eigenvalue weighted by Gasteiger charge is -2.17. The fourth-order valence-electron chi connectivity index (χ4n) is 1.62. The van der Waals surface area contributed by atoms with Crippen LogP contribution >= 0.6 is 27.3 Å². The van der Waals surface area contributed by atoms with Gasteiger partial charge in [-0.25, -0.2) is 0 Å². The van der Waals surface area contributed by atoms with Gasteiger partial charge >= 0.3 is 6.30 Å². The fraction of sp³-hybridized carbons (Fsp3) is 0.273. The molecule has 1 unspecified atom stereocenters. The Bertz CT molecular complexity index is 462. The van der Waals surface area contributed by atoms with Crippen LogP contribution in [0.4, 0.5) is 13.2 Å². The molecule has 0 saturated heterocycles. The molecule has 2 rings (SSSR count). The molecule has 1 aliphatic rings. The number of thiophene rings is 1.